The number of urea groups is 1. The Morgan fingerprint density at radius 2 is 1.65 bits per heavy atom. The molecule has 3 amide bonds. The van der Waals surface area contributed by atoms with Crippen LogP contribution in [-0.4, -0.2) is 26.6 Å². The summed E-state index contributed by atoms with van der Waals surface area (Å²) in [6.07, 6.45) is 1.71. The van der Waals surface area contributed by atoms with Gasteiger partial charge in [-0.15, -0.1) is 0 Å². The van der Waals surface area contributed by atoms with E-state index >= 15 is 0 Å². The van der Waals surface area contributed by atoms with Crippen LogP contribution in [0, 0.1) is 19.7 Å². The largest absolute Gasteiger partial charge is 0.329 e. The van der Waals surface area contributed by atoms with Crippen molar-refractivity contribution < 1.29 is 14.0 Å². The van der Waals surface area contributed by atoms with Crippen molar-refractivity contribution in [2.75, 3.05) is 0 Å². The van der Waals surface area contributed by atoms with Crippen LogP contribution in [-0.2, 0) is 17.8 Å². The Hall–Kier alpha value is -4.72. The SMILES string of the molecule is Cc1cccc(CN2C(=O)N/C(=C\c3c(Cc4ccc(F)cc4)[nH]n(-c4ccccc4C)c3=O)C2=O)c1. The van der Waals surface area contributed by atoms with E-state index in [4.69, 9.17) is 0 Å². The molecule has 0 bridgehead atoms. The molecule has 1 aromatic heterocycles. The number of aromatic nitrogens is 2. The van der Waals surface area contributed by atoms with Gasteiger partial charge in [-0.05, 0) is 54.8 Å². The number of imide groups is 1. The number of halogens is 1. The van der Waals surface area contributed by atoms with Crippen molar-refractivity contribution in [2.45, 2.75) is 26.8 Å². The predicted octanol–water partition coefficient (Wildman–Crippen LogP) is 4.61. The Morgan fingerprint density at radius 3 is 2.38 bits per heavy atom. The van der Waals surface area contributed by atoms with Crippen LogP contribution in [0.3, 0.4) is 0 Å². The molecule has 2 N–H and O–H groups in total. The van der Waals surface area contributed by atoms with Crippen LogP contribution in [0.25, 0.3) is 11.8 Å². The molecule has 4 aromatic rings. The van der Waals surface area contributed by atoms with Gasteiger partial charge in [0.1, 0.15) is 11.5 Å². The molecular formula is C29H25FN4O3. The first-order valence-electron chi connectivity index (χ1n) is 11.8. The minimum Gasteiger partial charge on any atom is -0.303 e. The molecule has 0 spiro atoms. The molecule has 7 nitrogen and oxygen atoms in total. The van der Waals surface area contributed by atoms with E-state index < -0.39 is 11.9 Å². The van der Waals surface area contributed by atoms with E-state index in [2.05, 4.69) is 10.4 Å². The van der Waals surface area contributed by atoms with Gasteiger partial charge in [0.2, 0.25) is 0 Å². The highest BCUT2D eigenvalue weighted by Crippen LogP contribution is 2.21. The Balaban J connectivity index is 1.54. The van der Waals surface area contributed by atoms with Crippen LogP contribution in [0.2, 0.25) is 0 Å². The third-order valence-corrected chi connectivity index (χ3v) is 6.33. The number of aryl methyl sites for hydroxylation is 2. The quantitative estimate of drug-likeness (QED) is 0.302. The molecule has 1 aliphatic rings. The standard InChI is InChI=1S/C29H25FN4O3/c1-18-6-5-8-21(14-18)17-33-28(36)25(31-29(33)37)16-23-24(15-20-10-12-22(30)13-11-20)32-34(27(23)35)26-9-4-3-7-19(26)2/h3-14,16,32H,15,17H2,1-2H3,(H,31,37)/b25-16-. The number of aromatic amines is 1. The maximum atomic E-state index is 13.6. The molecule has 1 saturated heterocycles. The second-order valence-corrected chi connectivity index (χ2v) is 9.10. The number of benzene rings is 3. The van der Waals surface area contributed by atoms with E-state index in [0.717, 1.165) is 27.2 Å². The summed E-state index contributed by atoms with van der Waals surface area (Å²) in [5, 5.41) is 5.77. The predicted molar refractivity (Wildman–Crippen MR) is 139 cm³/mol. The molecule has 0 unspecified atom stereocenters. The number of rotatable bonds is 6. The molecule has 3 aromatic carbocycles. The topological polar surface area (TPSA) is 87.2 Å². The van der Waals surface area contributed by atoms with E-state index in [1.165, 1.54) is 22.9 Å². The van der Waals surface area contributed by atoms with Crippen molar-refractivity contribution in [3.8, 4) is 5.69 Å². The molecule has 1 fully saturated rings. The zero-order valence-corrected chi connectivity index (χ0v) is 20.4. The van der Waals surface area contributed by atoms with Gasteiger partial charge in [-0.3, -0.25) is 19.6 Å². The van der Waals surface area contributed by atoms with Gasteiger partial charge in [0.15, 0.2) is 0 Å². The Kier molecular flexibility index (Phi) is 6.31. The lowest BCUT2D eigenvalue weighted by molar-refractivity contribution is -0.123. The van der Waals surface area contributed by atoms with Gasteiger partial charge >= 0.3 is 6.03 Å². The van der Waals surface area contributed by atoms with Crippen molar-refractivity contribution in [3.63, 3.8) is 0 Å². The first-order valence-corrected chi connectivity index (χ1v) is 11.8. The second-order valence-electron chi connectivity index (χ2n) is 9.10. The van der Waals surface area contributed by atoms with E-state index in [1.807, 2.05) is 62.4 Å². The van der Waals surface area contributed by atoms with Gasteiger partial charge in [0.05, 0.1) is 17.8 Å². The van der Waals surface area contributed by atoms with Crippen LogP contribution in [0.4, 0.5) is 9.18 Å². The molecule has 1 aliphatic heterocycles. The number of nitrogens with one attached hydrogen (secondary N) is 2. The molecule has 0 atom stereocenters. The van der Waals surface area contributed by atoms with E-state index in [-0.39, 0.29) is 29.2 Å². The van der Waals surface area contributed by atoms with E-state index in [9.17, 15) is 18.8 Å². The maximum Gasteiger partial charge on any atom is 0.329 e. The molecule has 0 aliphatic carbocycles. The maximum absolute atomic E-state index is 13.6. The summed E-state index contributed by atoms with van der Waals surface area (Å²) >= 11 is 0. The third-order valence-electron chi connectivity index (χ3n) is 6.33. The molecule has 5 rings (SSSR count). The molecule has 2 heterocycles. The summed E-state index contributed by atoms with van der Waals surface area (Å²) in [6.45, 7) is 3.95. The van der Waals surface area contributed by atoms with Gasteiger partial charge in [-0.25, -0.2) is 13.9 Å². The first kappa shape index (κ1) is 24.0. The van der Waals surface area contributed by atoms with Gasteiger partial charge < -0.3 is 5.32 Å². The van der Waals surface area contributed by atoms with Crippen LogP contribution < -0.4 is 10.9 Å². The number of H-pyrrole nitrogens is 1. The molecule has 186 valence electrons. The van der Waals surface area contributed by atoms with Crippen LogP contribution >= 0.6 is 0 Å². The van der Waals surface area contributed by atoms with Crippen LogP contribution in [0.5, 0.6) is 0 Å². The number of amides is 3. The lowest BCUT2D eigenvalue weighted by atomic mass is 10.1. The fourth-order valence-electron chi connectivity index (χ4n) is 4.42. The fourth-order valence-corrected chi connectivity index (χ4v) is 4.42. The average Bonchev–Trinajstić information content (AvgIpc) is 3.31. The summed E-state index contributed by atoms with van der Waals surface area (Å²) in [4.78, 5) is 40.5. The molecule has 8 heteroatoms. The Morgan fingerprint density at radius 1 is 0.892 bits per heavy atom. The van der Waals surface area contributed by atoms with Gasteiger partial charge in [0, 0.05) is 12.1 Å². The van der Waals surface area contributed by atoms with Crippen molar-refractivity contribution in [1.82, 2.24) is 20.0 Å². The van der Waals surface area contributed by atoms with Crippen molar-refractivity contribution in [2.24, 2.45) is 0 Å². The Labute approximate surface area is 212 Å². The first-order chi connectivity index (χ1) is 17.8. The van der Waals surface area contributed by atoms with Gasteiger partial charge in [-0.2, -0.15) is 0 Å². The van der Waals surface area contributed by atoms with Gasteiger partial charge in [-0.1, -0.05) is 60.2 Å². The Bertz CT molecular complexity index is 1600. The number of hydrogen-bond acceptors (Lipinski definition) is 3. The summed E-state index contributed by atoms with van der Waals surface area (Å²) in [6, 6.07) is 20.4. The van der Waals surface area contributed by atoms with Crippen molar-refractivity contribution in [3.05, 3.63) is 128 Å². The average molecular weight is 497 g/mol. The van der Waals surface area contributed by atoms with E-state index in [0.29, 0.717) is 17.8 Å². The number of carbonyl (C=O) groups excluding carboxylic acids is 2. The minimum absolute atomic E-state index is 0.0195. The molecule has 0 radical (unpaired) electrons. The summed E-state index contributed by atoms with van der Waals surface area (Å²) in [5.74, 6) is -0.868. The highest BCUT2D eigenvalue weighted by atomic mass is 19.1. The second kappa shape index (κ2) is 9.73. The highest BCUT2D eigenvalue weighted by molar-refractivity contribution is 6.13. The lowest BCUT2D eigenvalue weighted by Gasteiger charge is -2.12. The third kappa shape index (κ3) is 4.86. The number of nitrogens with zero attached hydrogens (tertiary/aromatic N) is 2. The van der Waals surface area contributed by atoms with Gasteiger partial charge in [0.25, 0.3) is 11.5 Å². The lowest BCUT2D eigenvalue weighted by Crippen LogP contribution is -2.30. The normalized spacial score (nSPS) is 14.5. The zero-order chi connectivity index (χ0) is 26.1. The van der Waals surface area contributed by atoms with Crippen LogP contribution in [0.1, 0.15) is 33.5 Å². The molecular weight excluding hydrogens is 471 g/mol. The summed E-state index contributed by atoms with van der Waals surface area (Å²) in [7, 11) is 0. The van der Waals surface area contributed by atoms with Crippen molar-refractivity contribution >= 4 is 18.0 Å². The number of carbonyl (C=O) groups is 2. The highest BCUT2D eigenvalue weighted by Gasteiger charge is 2.34. The summed E-state index contributed by atoms with van der Waals surface area (Å²) < 4.78 is 14.9. The fraction of sp³-hybridized carbons (Fsp3) is 0.138. The number of para-hydroxylation sites is 1. The van der Waals surface area contributed by atoms with Crippen LogP contribution in [0.15, 0.2) is 83.3 Å². The summed E-state index contributed by atoms with van der Waals surface area (Å²) in [5.41, 5.74) is 4.61. The van der Waals surface area contributed by atoms with E-state index in [1.54, 1.807) is 12.1 Å². The molecule has 37 heavy (non-hydrogen) atoms. The zero-order valence-electron chi connectivity index (χ0n) is 20.4. The monoisotopic (exact) mass is 496 g/mol. The minimum atomic E-state index is -0.549. The van der Waals surface area contributed by atoms with Crippen molar-refractivity contribution in [1.29, 1.82) is 0 Å². The smallest absolute Gasteiger partial charge is 0.303 e. The number of hydrogen-bond donors (Lipinski definition) is 2. The molecule has 0 saturated carbocycles.